The molecule has 0 bridgehead atoms. The van der Waals surface area contributed by atoms with E-state index in [-0.39, 0.29) is 17.3 Å². The van der Waals surface area contributed by atoms with E-state index in [0.29, 0.717) is 12.5 Å². The first-order valence-electron chi connectivity index (χ1n) is 5.93. The van der Waals surface area contributed by atoms with Gasteiger partial charge in [-0.2, -0.15) is 0 Å². The fraction of sp³-hybridized carbons (Fsp3) is 0.769. The summed E-state index contributed by atoms with van der Waals surface area (Å²) in [5, 5.41) is 0. The van der Waals surface area contributed by atoms with Crippen LogP contribution in [-0.2, 0) is 9.53 Å². The minimum absolute atomic E-state index is 0.0105. The summed E-state index contributed by atoms with van der Waals surface area (Å²) in [6.07, 6.45) is 6.12. The van der Waals surface area contributed by atoms with Crippen LogP contribution in [0.15, 0.2) is 11.6 Å². The predicted molar refractivity (Wildman–Crippen MR) is 59.3 cm³/mol. The molecule has 2 aliphatic carbocycles. The number of esters is 1. The first-order chi connectivity index (χ1) is 7.07. The highest BCUT2D eigenvalue weighted by Crippen LogP contribution is 2.60. The third kappa shape index (κ3) is 1.82. The van der Waals surface area contributed by atoms with Crippen molar-refractivity contribution in [2.24, 2.45) is 17.3 Å². The highest BCUT2D eigenvalue weighted by atomic mass is 16.5. The second kappa shape index (κ2) is 3.66. The Morgan fingerprint density at radius 1 is 1.53 bits per heavy atom. The lowest BCUT2D eigenvalue weighted by Crippen LogP contribution is -2.10. The van der Waals surface area contributed by atoms with E-state index in [9.17, 15) is 4.79 Å². The van der Waals surface area contributed by atoms with Crippen LogP contribution in [-0.4, -0.2) is 12.6 Å². The molecule has 2 heteroatoms. The molecule has 2 saturated carbocycles. The maximum absolute atomic E-state index is 11.7. The van der Waals surface area contributed by atoms with Crippen molar-refractivity contribution in [2.45, 2.75) is 40.0 Å². The highest BCUT2D eigenvalue weighted by Gasteiger charge is 2.61. The number of carbonyl (C=O) groups excluding carboxylic acids is 1. The molecule has 15 heavy (non-hydrogen) atoms. The number of rotatable bonds is 3. The van der Waals surface area contributed by atoms with E-state index in [1.807, 2.05) is 6.92 Å². The van der Waals surface area contributed by atoms with Crippen LogP contribution >= 0.6 is 0 Å². The Balaban J connectivity index is 1.99. The van der Waals surface area contributed by atoms with Crippen LogP contribution in [0.2, 0.25) is 0 Å². The topological polar surface area (TPSA) is 26.3 Å². The van der Waals surface area contributed by atoms with Crippen molar-refractivity contribution in [3.05, 3.63) is 11.6 Å². The van der Waals surface area contributed by atoms with Crippen LogP contribution < -0.4 is 0 Å². The fourth-order valence-corrected chi connectivity index (χ4v) is 2.47. The van der Waals surface area contributed by atoms with E-state index in [1.165, 1.54) is 19.3 Å². The SMILES string of the molecule is CCOC(=O)[C@H]1[C@H](C=C2CCC2)C1(C)C. The largest absolute Gasteiger partial charge is 0.466 e. The normalized spacial score (nSPS) is 31.8. The molecule has 84 valence electrons. The van der Waals surface area contributed by atoms with Crippen LogP contribution in [0, 0.1) is 17.3 Å². The number of hydrogen-bond donors (Lipinski definition) is 0. The molecule has 0 aromatic heterocycles. The van der Waals surface area contributed by atoms with Gasteiger partial charge in [-0.25, -0.2) is 0 Å². The molecule has 0 aliphatic heterocycles. The Bertz CT molecular complexity index is 296. The molecule has 2 fully saturated rings. The first-order valence-corrected chi connectivity index (χ1v) is 5.93. The van der Waals surface area contributed by atoms with Crippen molar-refractivity contribution < 1.29 is 9.53 Å². The molecule has 2 rings (SSSR count). The Morgan fingerprint density at radius 2 is 2.20 bits per heavy atom. The van der Waals surface area contributed by atoms with E-state index in [2.05, 4.69) is 19.9 Å². The van der Waals surface area contributed by atoms with Gasteiger partial charge in [-0.1, -0.05) is 25.5 Å². The zero-order chi connectivity index (χ0) is 11.1. The molecule has 0 heterocycles. The van der Waals surface area contributed by atoms with Crippen molar-refractivity contribution in [3.63, 3.8) is 0 Å². The third-order valence-corrected chi connectivity index (χ3v) is 3.86. The molecule has 2 nitrogen and oxygen atoms in total. The van der Waals surface area contributed by atoms with Gasteiger partial charge in [-0.3, -0.25) is 4.79 Å². The van der Waals surface area contributed by atoms with Crippen molar-refractivity contribution in [1.29, 1.82) is 0 Å². The van der Waals surface area contributed by atoms with Crippen LogP contribution in [0.4, 0.5) is 0 Å². The molecule has 0 aromatic rings. The Hall–Kier alpha value is -0.790. The lowest BCUT2D eigenvalue weighted by Gasteiger charge is -2.16. The number of allylic oxidation sites excluding steroid dienone is 2. The zero-order valence-electron chi connectivity index (χ0n) is 9.88. The van der Waals surface area contributed by atoms with Crippen LogP contribution in [0.5, 0.6) is 0 Å². The van der Waals surface area contributed by atoms with Gasteiger partial charge in [0.15, 0.2) is 0 Å². The van der Waals surface area contributed by atoms with Crippen molar-refractivity contribution >= 4 is 5.97 Å². The number of carbonyl (C=O) groups is 1. The lowest BCUT2D eigenvalue weighted by molar-refractivity contribution is -0.145. The maximum atomic E-state index is 11.7. The Labute approximate surface area is 91.7 Å². The summed E-state index contributed by atoms with van der Waals surface area (Å²) in [6, 6.07) is 0. The Kier molecular flexibility index (Phi) is 2.61. The molecular weight excluding hydrogens is 188 g/mol. The average molecular weight is 208 g/mol. The van der Waals surface area contributed by atoms with Gasteiger partial charge in [-0.05, 0) is 37.5 Å². The number of hydrogen-bond acceptors (Lipinski definition) is 2. The van der Waals surface area contributed by atoms with Crippen molar-refractivity contribution in [2.75, 3.05) is 6.61 Å². The molecule has 0 aromatic carbocycles. The smallest absolute Gasteiger partial charge is 0.310 e. The van der Waals surface area contributed by atoms with Crippen LogP contribution in [0.25, 0.3) is 0 Å². The predicted octanol–water partition coefficient (Wildman–Crippen LogP) is 2.93. The van der Waals surface area contributed by atoms with Crippen LogP contribution in [0.3, 0.4) is 0 Å². The molecule has 2 atom stereocenters. The highest BCUT2D eigenvalue weighted by molar-refractivity contribution is 5.78. The summed E-state index contributed by atoms with van der Waals surface area (Å²) in [5.41, 5.74) is 1.66. The monoisotopic (exact) mass is 208 g/mol. The van der Waals surface area contributed by atoms with E-state index in [0.717, 1.165) is 0 Å². The molecule has 0 N–H and O–H groups in total. The van der Waals surface area contributed by atoms with Gasteiger partial charge in [0.1, 0.15) is 0 Å². The fourth-order valence-electron chi connectivity index (χ4n) is 2.47. The van der Waals surface area contributed by atoms with Crippen molar-refractivity contribution in [1.82, 2.24) is 0 Å². The van der Waals surface area contributed by atoms with E-state index < -0.39 is 0 Å². The summed E-state index contributed by atoms with van der Waals surface area (Å²) in [4.78, 5) is 11.7. The van der Waals surface area contributed by atoms with Gasteiger partial charge in [0.2, 0.25) is 0 Å². The molecular formula is C13H20O2. The van der Waals surface area contributed by atoms with Gasteiger partial charge >= 0.3 is 5.97 Å². The number of ether oxygens (including phenoxy) is 1. The van der Waals surface area contributed by atoms with Gasteiger partial charge in [-0.15, -0.1) is 0 Å². The summed E-state index contributed by atoms with van der Waals surface area (Å²) < 4.78 is 5.10. The molecule has 2 aliphatic rings. The van der Waals surface area contributed by atoms with Gasteiger partial charge in [0.25, 0.3) is 0 Å². The molecule has 0 saturated heterocycles. The molecule has 0 unspecified atom stereocenters. The minimum atomic E-state index is -0.0105. The molecule has 0 amide bonds. The second-order valence-corrected chi connectivity index (χ2v) is 5.26. The summed E-state index contributed by atoms with van der Waals surface area (Å²) in [6.45, 7) is 6.69. The first kappa shape index (κ1) is 10.7. The summed E-state index contributed by atoms with van der Waals surface area (Å²) >= 11 is 0. The second-order valence-electron chi connectivity index (χ2n) is 5.26. The lowest BCUT2D eigenvalue weighted by atomic mass is 9.90. The van der Waals surface area contributed by atoms with E-state index in [4.69, 9.17) is 4.74 Å². The molecule has 0 spiro atoms. The standard InChI is InChI=1S/C13H20O2/c1-4-15-12(14)11-10(13(11,2)3)8-9-6-5-7-9/h8,10-11H,4-7H2,1-3H3/t10-,11+/m0/s1. The van der Waals surface area contributed by atoms with Gasteiger partial charge in [0.05, 0.1) is 12.5 Å². The van der Waals surface area contributed by atoms with E-state index >= 15 is 0 Å². The average Bonchev–Trinajstić information content (AvgIpc) is 2.61. The van der Waals surface area contributed by atoms with Gasteiger partial charge in [0, 0.05) is 0 Å². The molecule has 0 radical (unpaired) electrons. The summed E-state index contributed by atoms with van der Waals surface area (Å²) in [5.74, 6) is 0.515. The van der Waals surface area contributed by atoms with E-state index in [1.54, 1.807) is 5.57 Å². The van der Waals surface area contributed by atoms with Gasteiger partial charge < -0.3 is 4.74 Å². The quantitative estimate of drug-likeness (QED) is 0.526. The summed E-state index contributed by atoms with van der Waals surface area (Å²) in [7, 11) is 0. The minimum Gasteiger partial charge on any atom is -0.466 e. The maximum Gasteiger partial charge on any atom is 0.310 e. The third-order valence-electron chi connectivity index (χ3n) is 3.86. The Morgan fingerprint density at radius 3 is 2.67 bits per heavy atom. The zero-order valence-corrected chi connectivity index (χ0v) is 9.88. The van der Waals surface area contributed by atoms with Crippen molar-refractivity contribution in [3.8, 4) is 0 Å². The van der Waals surface area contributed by atoms with Crippen LogP contribution in [0.1, 0.15) is 40.0 Å².